The molecule has 0 bridgehead atoms. The Kier molecular flexibility index (Phi) is 5.13. The lowest BCUT2D eigenvalue weighted by Crippen LogP contribution is -2.51. The summed E-state index contributed by atoms with van der Waals surface area (Å²) in [7, 11) is 3.08. The lowest BCUT2D eigenvalue weighted by Gasteiger charge is -2.33. The van der Waals surface area contributed by atoms with Crippen molar-refractivity contribution in [2.24, 2.45) is 0 Å². The van der Waals surface area contributed by atoms with Crippen molar-refractivity contribution in [1.82, 2.24) is 4.90 Å². The van der Waals surface area contributed by atoms with Gasteiger partial charge in [-0.3, -0.25) is 4.79 Å². The van der Waals surface area contributed by atoms with Crippen LogP contribution in [0.2, 0.25) is 0 Å². The first-order valence-electron chi connectivity index (χ1n) is 6.44. The molecule has 1 aromatic carbocycles. The Morgan fingerprint density at radius 3 is 2.40 bits per heavy atom. The van der Waals surface area contributed by atoms with Gasteiger partial charge >= 0.3 is 5.97 Å². The van der Waals surface area contributed by atoms with Gasteiger partial charge in [0.25, 0.3) is 5.91 Å². The van der Waals surface area contributed by atoms with E-state index in [0.717, 1.165) is 0 Å². The van der Waals surface area contributed by atoms with Crippen molar-refractivity contribution in [2.75, 3.05) is 20.8 Å². The molecule has 0 aromatic heterocycles. The second-order valence-electron chi connectivity index (χ2n) is 4.84. The standard InChI is InChI=1S/C15H21NO4/c1-6-20-14(18)15(2,3)16(4)13(17)11-9-7-8-10-12(11)19-5/h7-10H,6H2,1-5H3. The molecule has 0 aliphatic heterocycles. The Bertz CT molecular complexity index is 496. The zero-order valence-corrected chi connectivity index (χ0v) is 12.6. The van der Waals surface area contributed by atoms with Gasteiger partial charge in [0.15, 0.2) is 0 Å². The number of hydrogen-bond donors (Lipinski definition) is 0. The van der Waals surface area contributed by atoms with Gasteiger partial charge in [0.1, 0.15) is 11.3 Å². The van der Waals surface area contributed by atoms with Gasteiger partial charge in [-0.1, -0.05) is 12.1 Å². The molecule has 0 saturated carbocycles. The minimum atomic E-state index is -1.05. The van der Waals surface area contributed by atoms with E-state index in [1.165, 1.54) is 12.0 Å². The van der Waals surface area contributed by atoms with Crippen LogP contribution in [0.25, 0.3) is 0 Å². The largest absolute Gasteiger partial charge is 0.496 e. The fourth-order valence-corrected chi connectivity index (χ4v) is 1.70. The fourth-order valence-electron chi connectivity index (χ4n) is 1.70. The molecule has 1 aromatic rings. The number of nitrogens with zero attached hydrogens (tertiary/aromatic N) is 1. The number of esters is 1. The summed E-state index contributed by atoms with van der Waals surface area (Å²) in [6.45, 7) is 5.31. The molecule has 1 rings (SSSR count). The van der Waals surface area contributed by atoms with Crippen molar-refractivity contribution in [3.63, 3.8) is 0 Å². The first kappa shape index (κ1) is 16.0. The second kappa shape index (κ2) is 6.41. The van der Waals surface area contributed by atoms with E-state index in [0.29, 0.717) is 11.3 Å². The van der Waals surface area contributed by atoms with E-state index < -0.39 is 11.5 Å². The average Bonchev–Trinajstić information content (AvgIpc) is 2.45. The predicted octanol–water partition coefficient (Wildman–Crippen LogP) is 2.11. The summed E-state index contributed by atoms with van der Waals surface area (Å²) in [6.07, 6.45) is 0. The lowest BCUT2D eigenvalue weighted by atomic mass is 10.0. The van der Waals surface area contributed by atoms with Crippen LogP contribution in [0.1, 0.15) is 31.1 Å². The number of carbonyl (C=O) groups is 2. The highest BCUT2D eigenvalue weighted by atomic mass is 16.5. The monoisotopic (exact) mass is 279 g/mol. The Labute approximate surface area is 119 Å². The van der Waals surface area contributed by atoms with E-state index in [2.05, 4.69) is 0 Å². The van der Waals surface area contributed by atoms with Crippen molar-refractivity contribution < 1.29 is 19.1 Å². The number of rotatable bonds is 5. The van der Waals surface area contributed by atoms with E-state index in [1.54, 1.807) is 52.1 Å². The van der Waals surface area contributed by atoms with Crippen molar-refractivity contribution in [3.05, 3.63) is 29.8 Å². The Morgan fingerprint density at radius 2 is 1.85 bits per heavy atom. The molecule has 1 amide bonds. The number of carbonyl (C=O) groups excluding carboxylic acids is 2. The number of amides is 1. The van der Waals surface area contributed by atoms with Crippen molar-refractivity contribution in [3.8, 4) is 5.75 Å². The van der Waals surface area contributed by atoms with Gasteiger partial charge in [-0.15, -0.1) is 0 Å². The van der Waals surface area contributed by atoms with Crippen LogP contribution >= 0.6 is 0 Å². The molecule has 0 atom stereocenters. The summed E-state index contributed by atoms with van der Waals surface area (Å²) >= 11 is 0. The zero-order valence-electron chi connectivity index (χ0n) is 12.6. The lowest BCUT2D eigenvalue weighted by molar-refractivity contribution is -0.153. The average molecular weight is 279 g/mol. The molecule has 0 aliphatic carbocycles. The van der Waals surface area contributed by atoms with Gasteiger partial charge in [-0.25, -0.2) is 4.79 Å². The van der Waals surface area contributed by atoms with Crippen LogP contribution in [0.15, 0.2) is 24.3 Å². The number of likely N-dealkylation sites (N-methyl/N-ethyl adjacent to an activating group) is 1. The Morgan fingerprint density at radius 1 is 1.25 bits per heavy atom. The van der Waals surface area contributed by atoms with E-state index in [9.17, 15) is 9.59 Å². The smallest absolute Gasteiger partial charge is 0.331 e. The van der Waals surface area contributed by atoms with E-state index in [4.69, 9.17) is 9.47 Å². The van der Waals surface area contributed by atoms with Gasteiger partial charge in [-0.05, 0) is 32.9 Å². The number of benzene rings is 1. The minimum Gasteiger partial charge on any atom is -0.496 e. The van der Waals surface area contributed by atoms with Gasteiger partial charge in [0.2, 0.25) is 0 Å². The molecule has 20 heavy (non-hydrogen) atoms. The van der Waals surface area contributed by atoms with Gasteiger partial charge in [0.05, 0.1) is 19.3 Å². The first-order chi connectivity index (χ1) is 9.36. The minimum absolute atomic E-state index is 0.277. The molecular formula is C15H21NO4. The molecule has 0 spiro atoms. The van der Waals surface area contributed by atoms with Crippen LogP contribution in [0.3, 0.4) is 0 Å². The van der Waals surface area contributed by atoms with Crippen LogP contribution in [0.4, 0.5) is 0 Å². The third kappa shape index (κ3) is 3.10. The molecule has 0 saturated heterocycles. The zero-order chi connectivity index (χ0) is 15.3. The predicted molar refractivity (Wildman–Crippen MR) is 75.8 cm³/mol. The molecular weight excluding hydrogens is 258 g/mol. The van der Waals surface area contributed by atoms with Crippen molar-refractivity contribution in [2.45, 2.75) is 26.3 Å². The van der Waals surface area contributed by atoms with E-state index >= 15 is 0 Å². The van der Waals surface area contributed by atoms with Crippen molar-refractivity contribution in [1.29, 1.82) is 0 Å². The molecule has 5 heteroatoms. The SMILES string of the molecule is CCOC(=O)C(C)(C)N(C)C(=O)c1ccccc1OC. The first-order valence-corrected chi connectivity index (χ1v) is 6.44. The maximum atomic E-state index is 12.5. The maximum absolute atomic E-state index is 12.5. The number of hydrogen-bond acceptors (Lipinski definition) is 4. The Balaban J connectivity index is 3.04. The van der Waals surface area contributed by atoms with Crippen LogP contribution < -0.4 is 4.74 Å². The summed E-state index contributed by atoms with van der Waals surface area (Å²) in [5.74, 6) is -0.254. The molecule has 0 N–H and O–H groups in total. The third-order valence-electron chi connectivity index (χ3n) is 3.26. The van der Waals surface area contributed by atoms with Crippen LogP contribution in [-0.4, -0.2) is 43.1 Å². The van der Waals surface area contributed by atoms with Gasteiger partial charge in [0, 0.05) is 7.05 Å². The summed E-state index contributed by atoms with van der Waals surface area (Å²) in [5.41, 5.74) is -0.636. The van der Waals surface area contributed by atoms with E-state index in [1.807, 2.05) is 0 Å². The van der Waals surface area contributed by atoms with Gasteiger partial charge < -0.3 is 14.4 Å². The van der Waals surface area contributed by atoms with Crippen LogP contribution in [0, 0.1) is 0 Å². The summed E-state index contributed by atoms with van der Waals surface area (Å²) in [5, 5.41) is 0. The second-order valence-corrected chi connectivity index (χ2v) is 4.84. The Hall–Kier alpha value is -2.04. The van der Waals surface area contributed by atoms with E-state index in [-0.39, 0.29) is 12.5 Å². The molecule has 0 unspecified atom stereocenters. The van der Waals surface area contributed by atoms with Crippen molar-refractivity contribution >= 4 is 11.9 Å². The highest BCUT2D eigenvalue weighted by molar-refractivity contribution is 5.99. The summed E-state index contributed by atoms with van der Waals surface area (Å²) < 4.78 is 10.2. The number of ether oxygens (including phenoxy) is 2. The molecule has 0 fully saturated rings. The number of para-hydroxylation sites is 1. The molecule has 0 aliphatic rings. The maximum Gasteiger partial charge on any atom is 0.331 e. The highest BCUT2D eigenvalue weighted by Gasteiger charge is 2.37. The fraction of sp³-hybridized carbons (Fsp3) is 0.467. The molecule has 0 heterocycles. The quantitative estimate of drug-likeness (QED) is 0.775. The number of methoxy groups -OCH3 is 1. The van der Waals surface area contributed by atoms with Crippen LogP contribution in [-0.2, 0) is 9.53 Å². The molecule has 0 radical (unpaired) electrons. The van der Waals surface area contributed by atoms with Gasteiger partial charge in [-0.2, -0.15) is 0 Å². The molecule has 110 valence electrons. The summed E-state index contributed by atoms with van der Waals surface area (Å²) in [4.78, 5) is 25.8. The topological polar surface area (TPSA) is 55.8 Å². The highest BCUT2D eigenvalue weighted by Crippen LogP contribution is 2.23. The van der Waals surface area contributed by atoms with Crippen LogP contribution in [0.5, 0.6) is 5.75 Å². The molecule has 5 nitrogen and oxygen atoms in total. The summed E-state index contributed by atoms with van der Waals surface area (Å²) in [6, 6.07) is 6.91. The third-order valence-corrected chi connectivity index (χ3v) is 3.26. The normalized spacial score (nSPS) is 10.8.